The van der Waals surface area contributed by atoms with E-state index >= 15 is 0 Å². The lowest BCUT2D eigenvalue weighted by Crippen LogP contribution is -2.33. The van der Waals surface area contributed by atoms with Gasteiger partial charge in [-0.2, -0.15) is 0 Å². The van der Waals surface area contributed by atoms with Gasteiger partial charge in [-0.15, -0.1) is 0 Å². The van der Waals surface area contributed by atoms with E-state index < -0.39 is 4.92 Å². The molecule has 1 aliphatic rings. The number of rotatable bonds is 4. The molecule has 0 aliphatic carbocycles. The zero-order valence-corrected chi connectivity index (χ0v) is 11.3. The van der Waals surface area contributed by atoms with Crippen molar-refractivity contribution in [2.24, 2.45) is 11.7 Å². The van der Waals surface area contributed by atoms with Gasteiger partial charge in [0.1, 0.15) is 5.69 Å². The number of amides is 1. The molecule has 108 valence electrons. The number of nitro benzene ring substituents is 1. The zero-order chi connectivity index (χ0) is 14.7. The van der Waals surface area contributed by atoms with Gasteiger partial charge in [0, 0.05) is 25.2 Å². The first-order valence-corrected chi connectivity index (χ1v) is 6.48. The van der Waals surface area contributed by atoms with Crippen molar-refractivity contribution in [1.29, 1.82) is 0 Å². The molecular weight excluding hydrogens is 260 g/mol. The summed E-state index contributed by atoms with van der Waals surface area (Å²) in [5.74, 6) is 0.0921. The third kappa shape index (κ3) is 3.31. The summed E-state index contributed by atoms with van der Waals surface area (Å²) in [6, 6.07) is 6.18. The third-order valence-electron chi connectivity index (χ3n) is 3.49. The lowest BCUT2D eigenvalue weighted by atomic mass is 10.1. The number of nitrogens with two attached hydrogens (primary N) is 1. The molecule has 1 amide bonds. The maximum Gasteiger partial charge on any atom is 0.292 e. The highest BCUT2D eigenvalue weighted by atomic mass is 16.6. The van der Waals surface area contributed by atoms with Crippen LogP contribution >= 0.6 is 0 Å². The molecule has 0 aromatic heterocycles. The number of para-hydroxylation sites is 2. The molecule has 0 radical (unpaired) electrons. The van der Waals surface area contributed by atoms with Crippen molar-refractivity contribution >= 4 is 17.3 Å². The summed E-state index contributed by atoms with van der Waals surface area (Å²) in [6.07, 6.45) is 0. The molecule has 7 nitrogen and oxygen atoms in total. The molecule has 1 fully saturated rings. The number of carbonyl (C=O) groups is 1. The van der Waals surface area contributed by atoms with Crippen LogP contribution in [0.5, 0.6) is 0 Å². The number of benzene rings is 1. The lowest BCUT2D eigenvalue weighted by Gasteiger charge is -2.14. The highest BCUT2D eigenvalue weighted by Crippen LogP contribution is 2.23. The van der Waals surface area contributed by atoms with Gasteiger partial charge in [-0.05, 0) is 12.0 Å². The largest absolute Gasteiger partial charge is 0.326 e. The van der Waals surface area contributed by atoms with Gasteiger partial charge < -0.3 is 11.1 Å². The first-order valence-electron chi connectivity index (χ1n) is 6.48. The molecule has 1 aromatic rings. The standard InChI is InChI=1S/C13H18N4O3/c1-9-6-16(7-10(9)14)8-13(18)15-11-4-2-3-5-12(11)17(19)20/h2-5,9-10H,6-8,14H2,1H3,(H,15,18). The summed E-state index contributed by atoms with van der Waals surface area (Å²) in [5, 5.41) is 13.4. The number of carbonyl (C=O) groups excluding carboxylic acids is 1. The predicted molar refractivity (Wildman–Crippen MR) is 75.3 cm³/mol. The highest BCUT2D eigenvalue weighted by molar-refractivity contribution is 5.94. The molecule has 1 aliphatic heterocycles. The van der Waals surface area contributed by atoms with Crippen LogP contribution in [0.4, 0.5) is 11.4 Å². The number of nitrogens with one attached hydrogen (secondary N) is 1. The quantitative estimate of drug-likeness (QED) is 0.627. The second-order valence-corrected chi connectivity index (χ2v) is 5.16. The topological polar surface area (TPSA) is 102 Å². The summed E-state index contributed by atoms with van der Waals surface area (Å²) < 4.78 is 0. The Hall–Kier alpha value is -1.99. The number of hydrogen-bond donors (Lipinski definition) is 2. The number of likely N-dealkylation sites (tertiary alicyclic amines) is 1. The first-order chi connectivity index (χ1) is 9.47. The van der Waals surface area contributed by atoms with Gasteiger partial charge in [0.2, 0.25) is 5.91 Å². The molecule has 0 bridgehead atoms. The summed E-state index contributed by atoms with van der Waals surface area (Å²) in [5.41, 5.74) is 6.02. The van der Waals surface area contributed by atoms with E-state index in [1.807, 2.05) is 11.8 Å². The maximum absolute atomic E-state index is 11.9. The molecule has 0 spiro atoms. The summed E-state index contributed by atoms with van der Waals surface area (Å²) in [4.78, 5) is 24.2. The smallest absolute Gasteiger partial charge is 0.292 e. The minimum atomic E-state index is -0.510. The predicted octanol–water partition coefficient (Wildman–Crippen LogP) is 0.812. The van der Waals surface area contributed by atoms with Crippen LogP contribution in [-0.2, 0) is 4.79 Å². The molecule has 1 aromatic carbocycles. The lowest BCUT2D eigenvalue weighted by molar-refractivity contribution is -0.383. The molecule has 2 unspecified atom stereocenters. The monoisotopic (exact) mass is 278 g/mol. The number of nitrogens with zero attached hydrogens (tertiary/aromatic N) is 2. The summed E-state index contributed by atoms with van der Waals surface area (Å²) >= 11 is 0. The van der Waals surface area contributed by atoms with Crippen LogP contribution in [0.2, 0.25) is 0 Å². The molecule has 2 atom stereocenters. The SMILES string of the molecule is CC1CN(CC(=O)Nc2ccccc2[N+](=O)[O-])CC1N. The average Bonchev–Trinajstić information content (AvgIpc) is 2.68. The Morgan fingerprint density at radius 3 is 2.80 bits per heavy atom. The molecular formula is C13H18N4O3. The van der Waals surface area contributed by atoms with E-state index in [1.165, 1.54) is 12.1 Å². The van der Waals surface area contributed by atoms with Crippen molar-refractivity contribution in [3.63, 3.8) is 0 Å². The minimum absolute atomic E-state index is 0.0776. The van der Waals surface area contributed by atoms with Gasteiger partial charge in [-0.25, -0.2) is 0 Å². The van der Waals surface area contributed by atoms with E-state index in [9.17, 15) is 14.9 Å². The Balaban J connectivity index is 1.97. The van der Waals surface area contributed by atoms with Gasteiger partial charge >= 0.3 is 0 Å². The van der Waals surface area contributed by atoms with Crippen LogP contribution in [0.1, 0.15) is 6.92 Å². The Bertz CT molecular complexity index is 510. The van der Waals surface area contributed by atoms with Gasteiger partial charge in [0.15, 0.2) is 0 Å². The van der Waals surface area contributed by atoms with Crippen LogP contribution in [0.25, 0.3) is 0 Å². The van der Waals surface area contributed by atoms with Crippen molar-refractivity contribution in [2.45, 2.75) is 13.0 Å². The van der Waals surface area contributed by atoms with E-state index in [1.54, 1.807) is 12.1 Å². The molecule has 20 heavy (non-hydrogen) atoms. The second kappa shape index (κ2) is 5.98. The van der Waals surface area contributed by atoms with E-state index in [2.05, 4.69) is 5.32 Å². The zero-order valence-electron chi connectivity index (χ0n) is 11.3. The van der Waals surface area contributed by atoms with Crippen molar-refractivity contribution < 1.29 is 9.72 Å². The number of hydrogen-bond acceptors (Lipinski definition) is 5. The summed E-state index contributed by atoms with van der Waals surface area (Å²) in [7, 11) is 0. The molecule has 1 saturated heterocycles. The minimum Gasteiger partial charge on any atom is -0.326 e. The Labute approximate surface area is 116 Å². The number of anilines is 1. The average molecular weight is 278 g/mol. The normalized spacial score (nSPS) is 22.7. The van der Waals surface area contributed by atoms with Gasteiger partial charge in [-0.3, -0.25) is 19.8 Å². The van der Waals surface area contributed by atoms with Crippen molar-refractivity contribution in [3.05, 3.63) is 34.4 Å². The van der Waals surface area contributed by atoms with Gasteiger partial charge in [0.05, 0.1) is 11.5 Å². The van der Waals surface area contributed by atoms with E-state index in [0.717, 1.165) is 6.54 Å². The van der Waals surface area contributed by atoms with Crippen LogP contribution in [0, 0.1) is 16.0 Å². The highest BCUT2D eigenvalue weighted by Gasteiger charge is 2.28. The Morgan fingerprint density at radius 1 is 1.50 bits per heavy atom. The number of nitro groups is 1. The van der Waals surface area contributed by atoms with Crippen molar-refractivity contribution in [3.8, 4) is 0 Å². The molecule has 0 saturated carbocycles. The van der Waals surface area contributed by atoms with Crippen molar-refractivity contribution in [2.75, 3.05) is 25.0 Å². The van der Waals surface area contributed by atoms with E-state index in [0.29, 0.717) is 12.5 Å². The molecule has 2 rings (SSSR count). The van der Waals surface area contributed by atoms with Crippen LogP contribution in [-0.4, -0.2) is 41.4 Å². The van der Waals surface area contributed by atoms with Gasteiger partial charge in [-0.1, -0.05) is 19.1 Å². The molecule has 3 N–H and O–H groups in total. The second-order valence-electron chi connectivity index (χ2n) is 5.16. The van der Waals surface area contributed by atoms with Crippen LogP contribution < -0.4 is 11.1 Å². The molecule has 1 heterocycles. The van der Waals surface area contributed by atoms with E-state index in [-0.39, 0.29) is 29.9 Å². The van der Waals surface area contributed by atoms with E-state index in [4.69, 9.17) is 5.73 Å². The third-order valence-corrected chi connectivity index (χ3v) is 3.49. The van der Waals surface area contributed by atoms with Crippen LogP contribution in [0.3, 0.4) is 0 Å². The fraction of sp³-hybridized carbons (Fsp3) is 0.462. The Kier molecular flexibility index (Phi) is 4.31. The Morgan fingerprint density at radius 2 is 2.20 bits per heavy atom. The first kappa shape index (κ1) is 14.4. The summed E-state index contributed by atoms with van der Waals surface area (Å²) in [6.45, 7) is 3.69. The van der Waals surface area contributed by atoms with Crippen LogP contribution in [0.15, 0.2) is 24.3 Å². The van der Waals surface area contributed by atoms with Crippen molar-refractivity contribution in [1.82, 2.24) is 4.90 Å². The maximum atomic E-state index is 11.9. The molecule has 7 heteroatoms. The fourth-order valence-corrected chi connectivity index (χ4v) is 2.36. The van der Waals surface area contributed by atoms with Gasteiger partial charge in [0.25, 0.3) is 5.69 Å². The fourth-order valence-electron chi connectivity index (χ4n) is 2.36.